The smallest absolute Gasteiger partial charge is 0.269 e. The number of methoxy groups -OCH3 is 1. The molecule has 1 fully saturated rings. The first-order valence-corrected chi connectivity index (χ1v) is 8.26. The summed E-state index contributed by atoms with van der Waals surface area (Å²) < 4.78 is 5.16. The van der Waals surface area contributed by atoms with Gasteiger partial charge in [-0.2, -0.15) is 0 Å². The Morgan fingerprint density at radius 3 is 2.48 bits per heavy atom. The van der Waals surface area contributed by atoms with Crippen molar-refractivity contribution in [1.29, 1.82) is 0 Å². The number of carbonyl (C=O) groups excluding carboxylic acids is 2. The molecule has 2 amide bonds. The molecule has 0 aliphatic heterocycles. The molecule has 3 rings (SSSR count). The normalized spacial score (nSPS) is 13.2. The molecule has 1 saturated carbocycles. The molecule has 1 aromatic heterocycles. The maximum absolute atomic E-state index is 12.4. The molecule has 25 heavy (non-hydrogen) atoms. The van der Waals surface area contributed by atoms with Crippen LogP contribution >= 0.6 is 0 Å². The summed E-state index contributed by atoms with van der Waals surface area (Å²) in [5, 5.41) is 5.50. The van der Waals surface area contributed by atoms with Gasteiger partial charge in [0.1, 0.15) is 11.4 Å². The molecular weight excluding hydrogens is 318 g/mol. The molecule has 0 bridgehead atoms. The minimum Gasteiger partial charge on any atom is -0.497 e. The topological polar surface area (TPSA) is 80.3 Å². The van der Waals surface area contributed by atoms with Crippen LogP contribution in [0, 0.1) is 0 Å². The molecule has 1 aliphatic rings. The first-order chi connectivity index (χ1) is 12.1. The summed E-state index contributed by atoms with van der Waals surface area (Å²) in [5.41, 5.74) is 2.40. The SMILES string of the molecule is CNC(=O)c1cc(C(=O)NC2CC2)cc(Cc2ccc(OC)cc2)n1. The van der Waals surface area contributed by atoms with E-state index < -0.39 is 0 Å². The Morgan fingerprint density at radius 1 is 1.16 bits per heavy atom. The van der Waals surface area contributed by atoms with Gasteiger partial charge < -0.3 is 15.4 Å². The van der Waals surface area contributed by atoms with Crippen molar-refractivity contribution in [2.75, 3.05) is 14.2 Å². The number of aromatic nitrogens is 1. The number of ether oxygens (including phenoxy) is 1. The van der Waals surface area contributed by atoms with Crippen LogP contribution in [0.15, 0.2) is 36.4 Å². The summed E-state index contributed by atoms with van der Waals surface area (Å²) in [4.78, 5) is 28.7. The zero-order valence-electron chi connectivity index (χ0n) is 14.3. The predicted octanol–water partition coefficient (Wildman–Crippen LogP) is 1.93. The van der Waals surface area contributed by atoms with E-state index in [0.717, 1.165) is 24.2 Å². The minimum absolute atomic E-state index is 0.161. The first kappa shape index (κ1) is 17.0. The number of rotatable bonds is 6. The fourth-order valence-corrected chi connectivity index (χ4v) is 2.50. The van der Waals surface area contributed by atoms with Crippen LogP contribution in [0.2, 0.25) is 0 Å². The van der Waals surface area contributed by atoms with Crippen LogP contribution in [-0.2, 0) is 6.42 Å². The van der Waals surface area contributed by atoms with Crippen LogP contribution in [0.5, 0.6) is 5.75 Å². The quantitative estimate of drug-likeness (QED) is 0.843. The summed E-state index contributed by atoms with van der Waals surface area (Å²) in [6.45, 7) is 0. The average Bonchev–Trinajstić information content (AvgIpc) is 3.45. The van der Waals surface area contributed by atoms with Gasteiger partial charge in [-0.15, -0.1) is 0 Å². The van der Waals surface area contributed by atoms with E-state index >= 15 is 0 Å². The van der Waals surface area contributed by atoms with Crippen molar-refractivity contribution in [1.82, 2.24) is 15.6 Å². The van der Waals surface area contributed by atoms with E-state index in [9.17, 15) is 9.59 Å². The van der Waals surface area contributed by atoms with E-state index in [4.69, 9.17) is 4.74 Å². The molecule has 2 N–H and O–H groups in total. The highest BCUT2D eigenvalue weighted by atomic mass is 16.5. The zero-order valence-corrected chi connectivity index (χ0v) is 14.3. The Hall–Kier alpha value is -2.89. The zero-order chi connectivity index (χ0) is 17.8. The predicted molar refractivity (Wildman–Crippen MR) is 93.9 cm³/mol. The molecule has 0 saturated heterocycles. The molecule has 0 atom stereocenters. The average molecular weight is 339 g/mol. The van der Waals surface area contributed by atoms with Crippen LogP contribution in [0.4, 0.5) is 0 Å². The van der Waals surface area contributed by atoms with Gasteiger partial charge in [-0.3, -0.25) is 9.59 Å². The van der Waals surface area contributed by atoms with Gasteiger partial charge in [0.2, 0.25) is 0 Å². The number of hydrogen-bond acceptors (Lipinski definition) is 4. The number of benzene rings is 1. The number of nitrogens with one attached hydrogen (secondary N) is 2. The number of nitrogens with zero attached hydrogens (tertiary/aromatic N) is 1. The summed E-state index contributed by atoms with van der Waals surface area (Å²) in [7, 11) is 3.16. The van der Waals surface area contributed by atoms with Crippen LogP contribution in [0.1, 0.15) is 44.9 Å². The van der Waals surface area contributed by atoms with E-state index in [1.54, 1.807) is 20.2 Å². The minimum atomic E-state index is -0.308. The number of carbonyl (C=O) groups is 2. The van der Waals surface area contributed by atoms with E-state index in [2.05, 4.69) is 15.6 Å². The fourth-order valence-electron chi connectivity index (χ4n) is 2.50. The van der Waals surface area contributed by atoms with E-state index in [0.29, 0.717) is 17.7 Å². The molecule has 0 radical (unpaired) electrons. The van der Waals surface area contributed by atoms with E-state index in [1.807, 2.05) is 24.3 Å². The Balaban J connectivity index is 1.87. The second-order valence-corrected chi connectivity index (χ2v) is 6.08. The van der Waals surface area contributed by atoms with Gasteiger partial charge >= 0.3 is 0 Å². The second kappa shape index (κ2) is 7.34. The van der Waals surface area contributed by atoms with Crippen molar-refractivity contribution in [3.8, 4) is 5.75 Å². The highest BCUT2D eigenvalue weighted by Gasteiger charge is 2.24. The summed E-state index contributed by atoms with van der Waals surface area (Å²) >= 11 is 0. The highest BCUT2D eigenvalue weighted by Crippen LogP contribution is 2.20. The van der Waals surface area contributed by atoms with E-state index in [1.165, 1.54) is 6.07 Å². The van der Waals surface area contributed by atoms with Crippen LogP contribution in [0.25, 0.3) is 0 Å². The largest absolute Gasteiger partial charge is 0.497 e. The van der Waals surface area contributed by atoms with Crippen LogP contribution < -0.4 is 15.4 Å². The van der Waals surface area contributed by atoms with E-state index in [-0.39, 0.29) is 23.6 Å². The van der Waals surface area contributed by atoms with Crippen LogP contribution in [-0.4, -0.2) is 37.0 Å². The molecule has 6 nitrogen and oxygen atoms in total. The molecule has 1 aliphatic carbocycles. The van der Waals surface area contributed by atoms with Gasteiger partial charge in [-0.05, 0) is 42.7 Å². The standard InChI is InChI=1S/C19H21N3O3/c1-20-19(24)17-11-13(18(23)22-14-5-6-14)10-15(21-17)9-12-3-7-16(25-2)8-4-12/h3-4,7-8,10-11,14H,5-6,9H2,1-2H3,(H,20,24)(H,22,23). The number of amides is 2. The van der Waals surface area contributed by atoms with Crippen molar-refractivity contribution in [2.45, 2.75) is 25.3 Å². The molecule has 130 valence electrons. The lowest BCUT2D eigenvalue weighted by Crippen LogP contribution is -2.27. The molecule has 1 heterocycles. The number of hydrogen-bond donors (Lipinski definition) is 2. The lowest BCUT2D eigenvalue weighted by atomic mass is 10.1. The number of pyridine rings is 1. The molecule has 1 aromatic carbocycles. The summed E-state index contributed by atoms with van der Waals surface area (Å²) in [6.07, 6.45) is 2.55. The van der Waals surface area contributed by atoms with Gasteiger partial charge in [-0.25, -0.2) is 4.98 Å². The van der Waals surface area contributed by atoms with Gasteiger partial charge in [0.15, 0.2) is 0 Å². The van der Waals surface area contributed by atoms with Gasteiger partial charge in [0.05, 0.1) is 7.11 Å². The Morgan fingerprint density at radius 2 is 1.88 bits per heavy atom. The third-order valence-electron chi connectivity index (χ3n) is 4.06. The lowest BCUT2D eigenvalue weighted by Gasteiger charge is -2.09. The van der Waals surface area contributed by atoms with Gasteiger partial charge in [-0.1, -0.05) is 12.1 Å². The van der Waals surface area contributed by atoms with Gasteiger partial charge in [0.25, 0.3) is 11.8 Å². The summed E-state index contributed by atoms with van der Waals surface area (Å²) in [6, 6.07) is 11.2. The van der Waals surface area contributed by atoms with Crippen molar-refractivity contribution in [2.24, 2.45) is 0 Å². The fraction of sp³-hybridized carbons (Fsp3) is 0.316. The third-order valence-corrected chi connectivity index (χ3v) is 4.06. The Kier molecular flexibility index (Phi) is 4.97. The first-order valence-electron chi connectivity index (χ1n) is 8.26. The summed E-state index contributed by atoms with van der Waals surface area (Å²) in [5.74, 6) is 0.309. The van der Waals surface area contributed by atoms with Crippen molar-refractivity contribution in [3.05, 3.63) is 58.9 Å². The molecular formula is C19H21N3O3. The van der Waals surface area contributed by atoms with Crippen molar-refractivity contribution in [3.63, 3.8) is 0 Å². The molecule has 2 aromatic rings. The molecule has 0 spiro atoms. The molecule has 6 heteroatoms. The maximum Gasteiger partial charge on any atom is 0.269 e. The highest BCUT2D eigenvalue weighted by molar-refractivity contribution is 5.98. The lowest BCUT2D eigenvalue weighted by molar-refractivity contribution is 0.0951. The molecule has 0 unspecified atom stereocenters. The van der Waals surface area contributed by atoms with Crippen molar-refractivity contribution < 1.29 is 14.3 Å². The Bertz CT molecular complexity index is 783. The monoisotopic (exact) mass is 339 g/mol. The third kappa shape index (κ3) is 4.35. The van der Waals surface area contributed by atoms with Crippen LogP contribution in [0.3, 0.4) is 0 Å². The Labute approximate surface area is 146 Å². The van der Waals surface area contributed by atoms with Crippen molar-refractivity contribution >= 4 is 11.8 Å². The second-order valence-electron chi connectivity index (χ2n) is 6.08. The van der Waals surface area contributed by atoms with Gasteiger partial charge in [0, 0.05) is 30.8 Å². The maximum atomic E-state index is 12.4.